The average molecular weight is 614 g/mol. The molecule has 0 aliphatic heterocycles. The van der Waals surface area contributed by atoms with Gasteiger partial charge in [-0.15, -0.1) is 0 Å². The highest BCUT2D eigenvalue weighted by molar-refractivity contribution is 7.47. The number of aliphatic hydroxyl groups is 1. The van der Waals surface area contributed by atoms with Crippen LogP contribution in [0.1, 0.15) is 110 Å². The lowest BCUT2D eigenvalue weighted by Crippen LogP contribution is -2.27. The molecule has 0 aromatic carbocycles. The lowest BCUT2D eigenvalue weighted by atomic mass is 10.1. The van der Waals surface area contributed by atoms with E-state index in [-0.39, 0.29) is 32.1 Å². The molecule has 0 fully saturated rings. The van der Waals surface area contributed by atoms with Crippen LogP contribution in [0.15, 0.2) is 48.6 Å². The molecular weight excluding hydrogens is 557 g/mol. The van der Waals surface area contributed by atoms with Gasteiger partial charge < -0.3 is 20.1 Å². The summed E-state index contributed by atoms with van der Waals surface area (Å²) >= 11 is 0. The molecule has 10 heteroatoms. The first-order valence-corrected chi connectivity index (χ1v) is 17.1. The number of amides is 1. The van der Waals surface area contributed by atoms with Crippen molar-refractivity contribution in [1.82, 2.24) is 5.32 Å². The Hall–Kier alpha value is -2.03. The molecule has 0 aliphatic carbocycles. The highest BCUT2D eigenvalue weighted by Crippen LogP contribution is 2.42. The fourth-order valence-electron chi connectivity index (χ4n) is 3.66. The van der Waals surface area contributed by atoms with E-state index in [1.807, 2.05) is 0 Å². The number of ether oxygens (including phenoxy) is 1. The van der Waals surface area contributed by atoms with Gasteiger partial charge >= 0.3 is 13.8 Å². The largest absolute Gasteiger partial charge is 0.472 e. The maximum Gasteiger partial charge on any atom is 0.472 e. The molecule has 0 spiro atoms. The van der Waals surface area contributed by atoms with Crippen molar-refractivity contribution in [2.45, 2.75) is 116 Å². The van der Waals surface area contributed by atoms with Crippen LogP contribution in [0.3, 0.4) is 0 Å². The van der Waals surface area contributed by atoms with Crippen molar-refractivity contribution in [2.75, 3.05) is 26.4 Å². The zero-order valence-electron chi connectivity index (χ0n) is 25.9. The molecule has 3 N–H and O–H groups in total. The fraction of sp³-hybridized carbons (Fsp3) is 0.688. The molecule has 2 unspecified atom stereocenters. The van der Waals surface area contributed by atoms with Crippen molar-refractivity contribution >= 4 is 19.7 Å². The SMILES string of the molecule is CC/C=C\C/C=C\C/C=C\C/C=C\CCCCC(=O)NCCOP(=O)(O)OCC(O)COC(=O)CCCCCCCC. The third kappa shape index (κ3) is 29.5. The Bertz CT molecular complexity index is 840. The third-order valence-electron chi connectivity index (χ3n) is 6.02. The van der Waals surface area contributed by atoms with Crippen LogP contribution in [-0.4, -0.2) is 54.3 Å². The quantitative estimate of drug-likeness (QED) is 0.0364. The standard InChI is InChI=1S/C32H56NO8P/c1-3-5-7-9-11-12-13-14-15-16-17-18-19-20-22-24-31(35)33-26-27-40-42(37,38)41-29-30(34)28-39-32(36)25-23-21-10-8-6-4-2/h5,7,11-12,14-15,17-18,30,34H,3-4,6,8-10,13,16,19-29H2,1-2H3,(H,33,35)(H,37,38)/b7-5-,12-11-,15-14-,18-17-. The minimum Gasteiger partial charge on any atom is -0.463 e. The number of unbranched alkanes of at least 4 members (excludes halogenated alkanes) is 7. The lowest BCUT2D eigenvalue weighted by Gasteiger charge is -2.15. The minimum absolute atomic E-state index is 0.0578. The molecule has 9 nitrogen and oxygen atoms in total. The van der Waals surface area contributed by atoms with Crippen LogP contribution in [-0.2, 0) is 27.9 Å². The number of carbonyl (C=O) groups is 2. The van der Waals surface area contributed by atoms with E-state index in [0.29, 0.717) is 6.42 Å². The number of hydrogen-bond acceptors (Lipinski definition) is 7. The van der Waals surface area contributed by atoms with Crippen LogP contribution in [0.2, 0.25) is 0 Å². The van der Waals surface area contributed by atoms with Gasteiger partial charge in [0.2, 0.25) is 5.91 Å². The minimum atomic E-state index is -4.41. The number of carbonyl (C=O) groups excluding carboxylic acids is 2. The summed E-state index contributed by atoms with van der Waals surface area (Å²) < 4.78 is 26.5. The van der Waals surface area contributed by atoms with Gasteiger partial charge in [-0.1, -0.05) is 94.6 Å². The number of esters is 1. The van der Waals surface area contributed by atoms with E-state index < -0.39 is 26.5 Å². The Kier molecular flexibility index (Phi) is 27.7. The normalized spacial score (nSPS) is 14.3. The second-order valence-electron chi connectivity index (χ2n) is 10.0. The molecule has 0 bridgehead atoms. The fourth-order valence-corrected chi connectivity index (χ4v) is 4.42. The first kappa shape index (κ1) is 40.0. The molecule has 42 heavy (non-hydrogen) atoms. The molecule has 0 saturated carbocycles. The van der Waals surface area contributed by atoms with E-state index in [4.69, 9.17) is 13.8 Å². The highest BCUT2D eigenvalue weighted by Gasteiger charge is 2.23. The number of allylic oxidation sites excluding steroid dienone is 8. The van der Waals surface area contributed by atoms with Crippen LogP contribution in [0, 0.1) is 0 Å². The van der Waals surface area contributed by atoms with E-state index in [2.05, 4.69) is 67.8 Å². The number of rotatable bonds is 28. The van der Waals surface area contributed by atoms with Gasteiger partial charge in [0.05, 0.1) is 13.2 Å². The van der Waals surface area contributed by atoms with Gasteiger partial charge in [0.15, 0.2) is 0 Å². The zero-order valence-corrected chi connectivity index (χ0v) is 26.8. The van der Waals surface area contributed by atoms with Crippen molar-refractivity contribution < 1.29 is 37.9 Å². The summed E-state index contributed by atoms with van der Waals surface area (Å²) in [6.45, 7) is 3.26. The van der Waals surface area contributed by atoms with Gasteiger partial charge in [0.1, 0.15) is 12.7 Å². The summed E-state index contributed by atoms with van der Waals surface area (Å²) in [6, 6.07) is 0. The molecule has 0 aromatic heterocycles. The van der Waals surface area contributed by atoms with Crippen LogP contribution < -0.4 is 5.32 Å². The molecule has 0 aliphatic rings. The number of nitrogens with one attached hydrogen (secondary N) is 1. The van der Waals surface area contributed by atoms with Gasteiger partial charge in [0, 0.05) is 19.4 Å². The maximum atomic E-state index is 11.9. The van der Waals surface area contributed by atoms with E-state index in [0.717, 1.165) is 70.6 Å². The van der Waals surface area contributed by atoms with Crippen molar-refractivity contribution in [1.29, 1.82) is 0 Å². The average Bonchev–Trinajstić information content (AvgIpc) is 2.97. The summed E-state index contributed by atoms with van der Waals surface area (Å²) in [5.74, 6) is -0.575. The second kappa shape index (κ2) is 29.1. The third-order valence-corrected chi connectivity index (χ3v) is 7.01. The van der Waals surface area contributed by atoms with E-state index in [1.54, 1.807) is 0 Å². The molecule has 0 saturated heterocycles. The van der Waals surface area contributed by atoms with Crippen molar-refractivity contribution in [2.24, 2.45) is 0 Å². The summed E-state index contributed by atoms with van der Waals surface area (Å²) in [4.78, 5) is 33.4. The molecule has 0 aromatic rings. The highest BCUT2D eigenvalue weighted by atomic mass is 31.2. The number of phosphoric acid groups is 1. The first-order valence-electron chi connectivity index (χ1n) is 15.6. The maximum absolute atomic E-state index is 11.9. The lowest BCUT2D eigenvalue weighted by molar-refractivity contribution is -0.147. The monoisotopic (exact) mass is 613 g/mol. The summed E-state index contributed by atoms with van der Waals surface area (Å²) in [5, 5.41) is 12.5. The summed E-state index contributed by atoms with van der Waals surface area (Å²) in [5.41, 5.74) is 0. The van der Waals surface area contributed by atoms with Gasteiger partial charge in [0.25, 0.3) is 0 Å². The number of hydrogen-bond donors (Lipinski definition) is 3. The number of aliphatic hydroxyl groups excluding tert-OH is 1. The van der Waals surface area contributed by atoms with Crippen molar-refractivity contribution in [3.05, 3.63) is 48.6 Å². The first-order chi connectivity index (χ1) is 20.3. The Morgan fingerprint density at radius 3 is 2.02 bits per heavy atom. The van der Waals surface area contributed by atoms with Crippen molar-refractivity contribution in [3.63, 3.8) is 0 Å². The zero-order chi connectivity index (χ0) is 31.2. The van der Waals surface area contributed by atoms with Crippen LogP contribution >= 0.6 is 7.82 Å². The number of phosphoric ester groups is 1. The van der Waals surface area contributed by atoms with Gasteiger partial charge in [-0.3, -0.25) is 18.6 Å². The molecule has 1 amide bonds. The topological polar surface area (TPSA) is 131 Å². The van der Waals surface area contributed by atoms with E-state index in [1.165, 1.54) is 12.8 Å². The Morgan fingerprint density at radius 2 is 1.36 bits per heavy atom. The summed E-state index contributed by atoms with van der Waals surface area (Å²) in [6.07, 6.45) is 29.4. The van der Waals surface area contributed by atoms with E-state index >= 15 is 0 Å². The smallest absolute Gasteiger partial charge is 0.463 e. The Labute approximate surface area is 254 Å². The predicted molar refractivity (Wildman–Crippen MR) is 169 cm³/mol. The molecule has 2 atom stereocenters. The van der Waals surface area contributed by atoms with Crippen LogP contribution in [0.5, 0.6) is 0 Å². The van der Waals surface area contributed by atoms with Crippen LogP contribution in [0.4, 0.5) is 0 Å². The molecule has 0 rings (SSSR count). The molecule has 242 valence electrons. The summed E-state index contributed by atoms with van der Waals surface area (Å²) in [7, 11) is -4.41. The molecular formula is C32H56NO8P. The van der Waals surface area contributed by atoms with Crippen molar-refractivity contribution in [3.8, 4) is 0 Å². The Morgan fingerprint density at radius 1 is 0.762 bits per heavy atom. The van der Waals surface area contributed by atoms with Gasteiger partial charge in [-0.05, 0) is 51.4 Å². The van der Waals surface area contributed by atoms with E-state index in [9.17, 15) is 24.2 Å². The van der Waals surface area contributed by atoms with Gasteiger partial charge in [-0.25, -0.2) is 4.57 Å². The van der Waals surface area contributed by atoms with Gasteiger partial charge in [-0.2, -0.15) is 0 Å². The van der Waals surface area contributed by atoms with Crippen LogP contribution in [0.25, 0.3) is 0 Å². The molecule has 0 radical (unpaired) electrons. The molecule has 0 heterocycles. The predicted octanol–water partition coefficient (Wildman–Crippen LogP) is 7.26. The second-order valence-corrected chi connectivity index (χ2v) is 11.5. The Balaban J connectivity index is 3.74.